The van der Waals surface area contributed by atoms with Gasteiger partial charge in [-0.3, -0.25) is 4.79 Å². The molecule has 11 heteroatoms. The van der Waals surface area contributed by atoms with Crippen LogP contribution in [0.1, 0.15) is 13.3 Å². The number of amides is 1. The molecule has 1 aromatic heterocycles. The second kappa shape index (κ2) is 7.47. The van der Waals surface area contributed by atoms with Crippen molar-refractivity contribution in [3.63, 3.8) is 0 Å². The van der Waals surface area contributed by atoms with Crippen LogP contribution in [0.15, 0.2) is 29.4 Å². The number of sulfone groups is 1. The molecule has 1 aliphatic rings. The first-order chi connectivity index (χ1) is 12.7. The molecule has 2 N–H and O–H groups in total. The van der Waals surface area contributed by atoms with Gasteiger partial charge in [0.15, 0.2) is 15.7 Å². The fourth-order valence-electron chi connectivity index (χ4n) is 2.94. The van der Waals surface area contributed by atoms with E-state index in [2.05, 4.69) is 10.2 Å². The van der Waals surface area contributed by atoms with E-state index in [0.717, 1.165) is 16.4 Å². The Kier molecular flexibility index (Phi) is 5.43. The monoisotopic (exact) mass is 413 g/mol. The van der Waals surface area contributed by atoms with E-state index in [9.17, 15) is 17.6 Å². The molecule has 0 radical (unpaired) electrons. The number of aromatic nitrogens is 3. The minimum Gasteiger partial charge on any atom is -0.341 e. The molecule has 1 aliphatic heterocycles. The maximum atomic E-state index is 13.9. The van der Waals surface area contributed by atoms with E-state index in [4.69, 9.17) is 5.84 Å². The number of halogens is 1. The molecule has 0 aliphatic carbocycles. The number of nitrogens with zero attached hydrogens (tertiary/aromatic N) is 4. The zero-order valence-electron chi connectivity index (χ0n) is 14.9. The number of thioether (sulfide) groups is 1. The Morgan fingerprint density at radius 3 is 2.74 bits per heavy atom. The molecular formula is C16H20FN5O3S2. The summed E-state index contributed by atoms with van der Waals surface area (Å²) >= 11 is 1.09. The summed E-state index contributed by atoms with van der Waals surface area (Å²) in [5, 5.41) is 7.58. The van der Waals surface area contributed by atoms with Crippen molar-refractivity contribution in [3.05, 3.63) is 30.1 Å². The lowest BCUT2D eigenvalue weighted by Crippen LogP contribution is -2.41. The molecule has 1 fully saturated rings. The number of nitrogen functional groups attached to an aromatic ring is 1. The van der Waals surface area contributed by atoms with E-state index < -0.39 is 20.9 Å². The van der Waals surface area contributed by atoms with Crippen molar-refractivity contribution in [1.82, 2.24) is 19.8 Å². The maximum Gasteiger partial charge on any atom is 0.235 e. The minimum absolute atomic E-state index is 0.0167. The molecule has 0 saturated carbocycles. The van der Waals surface area contributed by atoms with Crippen LogP contribution < -0.4 is 5.84 Å². The van der Waals surface area contributed by atoms with Gasteiger partial charge in [-0.2, -0.15) is 0 Å². The van der Waals surface area contributed by atoms with Crippen LogP contribution in [0.3, 0.4) is 0 Å². The molecule has 0 bridgehead atoms. The Hall–Kier alpha value is -2.14. The molecule has 8 nitrogen and oxygen atoms in total. The van der Waals surface area contributed by atoms with Crippen molar-refractivity contribution >= 4 is 27.5 Å². The van der Waals surface area contributed by atoms with Crippen LogP contribution >= 0.6 is 11.8 Å². The standard InChI is InChI=1S/C16H20FN5O3S2/c1-10(15(23)21(2)11-7-8-27(24,25)9-11)26-16-20-19-14(22(16)18)12-5-3-4-6-13(12)17/h3-6,10-11H,7-9,18H2,1-2H3/t10-,11+/m0/s1. The lowest BCUT2D eigenvalue weighted by molar-refractivity contribution is -0.130. The lowest BCUT2D eigenvalue weighted by Gasteiger charge is -2.26. The van der Waals surface area contributed by atoms with E-state index in [1.165, 1.54) is 11.0 Å². The van der Waals surface area contributed by atoms with E-state index in [-0.39, 0.29) is 40.0 Å². The number of rotatable bonds is 5. The highest BCUT2D eigenvalue weighted by Gasteiger charge is 2.34. The maximum absolute atomic E-state index is 13.9. The highest BCUT2D eigenvalue weighted by Crippen LogP contribution is 2.27. The van der Waals surface area contributed by atoms with Gasteiger partial charge in [-0.25, -0.2) is 17.5 Å². The van der Waals surface area contributed by atoms with Gasteiger partial charge in [-0.15, -0.1) is 10.2 Å². The molecule has 3 rings (SSSR count). The molecule has 1 saturated heterocycles. The molecule has 146 valence electrons. The molecule has 2 aromatic rings. The first-order valence-corrected chi connectivity index (χ1v) is 11.0. The number of carbonyl (C=O) groups is 1. The van der Waals surface area contributed by atoms with Crippen LogP contribution in [0, 0.1) is 5.82 Å². The summed E-state index contributed by atoms with van der Waals surface area (Å²) in [7, 11) is -1.48. The van der Waals surface area contributed by atoms with Crippen molar-refractivity contribution in [2.45, 2.75) is 29.8 Å². The average molecular weight is 414 g/mol. The summed E-state index contributed by atoms with van der Waals surface area (Å²) in [6.07, 6.45) is 0.437. The Morgan fingerprint density at radius 1 is 1.41 bits per heavy atom. The third kappa shape index (κ3) is 4.08. The molecular weight excluding hydrogens is 393 g/mol. The third-order valence-electron chi connectivity index (χ3n) is 4.51. The van der Waals surface area contributed by atoms with Crippen molar-refractivity contribution in [1.29, 1.82) is 0 Å². The molecule has 2 atom stereocenters. The zero-order chi connectivity index (χ0) is 19.8. The molecule has 0 spiro atoms. The topological polar surface area (TPSA) is 111 Å². The number of nitrogens with two attached hydrogens (primary N) is 1. The summed E-state index contributed by atoms with van der Waals surface area (Å²) in [5.41, 5.74) is 0.214. The number of carbonyl (C=O) groups excluding carboxylic acids is 1. The van der Waals surface area contributed by atoms with Gasteiger partial charge in [0.05, 0.1) is 22.3 Å². The second-order valence-electron chi connectivity index (χ2n) is 6.42. The summed E-state index contributed by atoms with van der Waals surface area (Å²) in [6, 6.07) is 5.74. The summed E-state index contributed by atoms with van der Waals surface area (Å²) in [4.78, 5) is 14.1. The van der Waals surface area contributed by atoms with Gasteiger partial charge in [-0.05, 0) is 25.5 Å². The van der Waals surface area contributed by atoms with Gasteiger partial charge in [0.25, 0.3) is 0 Å². The van der Waals surface area contributed by atoms with Crippen molar-refractivity contribution in [3.8, 4) is 11.4 Å². The third-order valence-corrected chi connectivity index (χ3v) is 7.31. The van der Waals surface area contributed by atoms with Gasteiger partial charge in [-0.1, -0.05) is 23.9 Å². The van der Waals surface area contributed by atoms with Gasteiger partial charge < -0.3 is 10.7 Å². The van der Waals surface area contributed by atoms with Crippen molar-refractivity contribution in [2.24, 2.45) is 0 Å². The van der Waals surface area contributed by atoms with Gasteiger partial charge in [0.2, 0.25) is 11.1 Å². The van der Waals surface area contributed by atoms with E-state index >= 15 is 0 Å². The van der Waals surface area contributed by atoms with Crippen LogP contribution in [0.5, 0.6) is 0 Å². The number of benzene rings is 1. The first kappa shape index (κ1) is 19.6. The molecule has 0 unspecified atom stereocenters. The van der Waals surface area contributed by atoms with Crippen LogP contribution in [0.25, 0.3) is 11.4 Å². The predicted octanol–water partition coefficient (Wildman–Crippen LogP) is 0.924. The largest absolute Gasteiger partial charge is 0.341 e. The predicted molar refractivity (Wildman–Crippen MR) is 101 cm³/mol. The number of hydrogen-bond acceptors (Lipinski definition) is 7. The highest BCUT2D eigenvalue weighted by atomic mass is 32.2. The Bertz CT molecular complexity index is 963. The quantitative estimate of drug-likeness (QED) is 0.573. The fraction of sp³-hybridized carbons (Fsp3) is 0.438. The van der Waals surface area contributed by atoms with Crippen LogP contribution in [-0.4, -0.2) is 63.9 Å². The fourth-order valence-corrected chi connectivity index (χ4v) is 5.59. The Balaban J connectivity index is 1.72. The molecule has 1 aromatic carbocycles. The van der Waals surface area contributed by atoms with Crippen LogP contribution in [-0.2, 0) is 14.6 Å². The van der Waals surface area contributed by atoms with E-state index in [1.54, 1.807) is 32.2 Å². The van der Waals surface area contributed by atoms with E-state index in [1.807, 2.05) is 0 Å². The van der Waals surface area contributed by atoms with E-state index in [0.29, 0.717) is 6.42 Å². The highest BCUT2D eigenvalue weighted by molar-refractivity contribution is 8.00. The van der Waals surface area contributed by atoms with Gasteiger partial charge >= 0.3 is 0 Å². The lowest BCUT2D eigenvalue weighted by atomic mass is 10.2. The normalized spacial score (nSPS) is 19.7. The van der Waals surface area contributed by atoms with Crippen LogP contribution in [0.4, 0.5) is 4.39 Å². The van der Waals surface area contributed by atoms with Gasteiger partial charge in [0, 0.05) is 13.1 Å². The van der Waals surface area contributed by atoms with Crippen molar-refractivity contribution < 1.29 is 17.6 Å². The molecule has 2 heterocycles. The van der Waals surface area contributed by atoms with Crippen molar-refractivity contribution in [2.75, 3.05) is 24.4 Å². The minimum atomic E-state index is -3.08. The Morgan fingerprint density at radius 2 is 2.11 bits per heavy atom. The summed E-state index contributed by atoms with van der Waals surface area (Å²) < 4.78 is 38.3. The molecule has 1 amide bonds. The molecule has 27 heavy (non-hydrogen) atoms. The van der Waals surface area contributed by atoms with Crippen LogP contribution in [0.2, 0.25) is 0 Å². The summed E-state index contributed by atoms with van der Waals surface area (Å²) in [5.74, 6) is 5.53. The second-order valence-corrected chi connectivity index (χ2v) is 9.96. The summed E-state index contributed by atoms with van der Waals surface area (Å²) in [6.45, 7) is 1.68. The Labute approximate surface area is 160 Å². The smallest absolute Gasteiger partial charge is 0.235 e. The zero-order valence-corrected chi connectivity index (χ0v) is 16.5. The van der Waals surface area contributed by atoms with Gasteiger partial charge in [0.1, 0.15) is 5.82 Å². The average Bonchev–Trinajstić information content (AvgIpc) is 3.17. The first-order valence-electron chi connectivity index (χ1n) is 8.29. The SMILES string of the molecule is C[C@H](Sc1nnc(-c2ccccc2F)n1N)C(=O)N(C)[C@@H]1CCS(=O)(=O)C1. The number of hydrogen-bond donors (Lipinski definition) is 1.